The molecule has 3 rings (SSSR count). The molecule has 2 heteroatoms. The van der Waals surface area contributed by atoms with Crippen molar-refractivity contribution >= 4 is 11.3 Å². The highest BCUT2D eigenvalue weighted by Gasteiger charge is 2.12. The van der Waals surface area contributed by atoms with Crippen molar-refractivity contribution in [3.8, 4) is 0 Å². The van der Waals surface area contributed by atoms with Crippen LogP contribution in [-0.2, 0) is 25.8 Å². The van der Waals surface area contributed by atoms with Crippen molar-refractivity contribution in [2.24, 2.45) is 0 Å². The Morgan fingerprint density at radius 2 is 1.81 bits per heavy atom. The highest BCUT2D eigenvalue weighted by molar-refractivity contribution is 7.11. The number of hydrogen-bond donors (Lipinski definition) is 1. The largest absolute Gasteiger partial charge is 0.305 e. The molecular formula is C19H25NS. The van der Waals surface area contributed by atoms with Gasteiger partial charge in [0.15, 0.2) is 0 Å². The normalized spacial score (nSPS) is 15.7. The summed E-state index contributed by atoms with van der Waals surface area (Å²) in [6.07, 6.45) is 6.39. The Balaban J connectivity index is 1.63. The first-order chi connectivity index (χ1) is 10.3. The minimum atomic E-state index is 0.421. The molecule has 1 nitrogen and oxygen atoms in total. The molecule has 1 N–H and O–H groups in total. The van der Waals surface area contributed by atoms with Gasteiger partial charge in [0.25, 0.3) is 0 Å². The van der Waals surface area contributed by atoms with E-state index in [9.17, 15) is 0 Å². The molecule has 21 heavy (non-hydrogen) atoms. The zero-order valence-electron chi connectivity index (χ0n) is 13.1. The summed E-state index contributed by atoms with van der Waals surface area (Å²) in [5.74, 6) is 0. The van der Waals surface area contributed by atoms with E-state index in [0.717, 1.165) is 13.0 Å². The van der Waals surface area contributed by atoms with E-state index in [4.69, 9.17) is 0 Å². The first-order valence-corrected chi connectivity index (χ1v) is 9.00. The van der Waals surface area contributed by atoms with Crippen LogP contribution < -0.4 is 5.32 Å². The van der Waals surface area contributed by atoms with Crippen molar-refractivity contribution in [3.05, 3.63) is 56.8 Å². The lowest BCUT2D eigenvalue weighted by Gasteiger charge is -2.20. The number of aryl methyl sites for hydroxylation is 3. The summed E-state index contributed by atoms with van der Waals surface area (Å²) in [5.41, 5.74) is 4.59. The van der Waals surface area contributed by atoms with Gasteiger partial charge in [0.05, 0.1) is 0 Å². The van der Waals surface area contributed by atoms with Gasteiger partial charge in [0.2, 0.25) is 0 Å². The minimum absolute atomic E-state index is 0.421. The average molecular weight is 299 g/mol. The highest BCUT2D eigenvalue weighted by Crippen LogP contribution is 2.25. The molecule has 0 fully saturated rings. The second kappa shape index (κ2) is 6.76. The third-order valence-corrected chi connectivity index (χ3v) is 5.75. The minimum Gasteiger partial charge on any atom is -0.305 e. The Bertz CT molecular complexity index is 599. The standard InChI is InChI=1S/C19H25NS/c1-3-18-10-11-19(21-18)13-20-14(2)16-9-8-15-6-4-5-7-17(15)12-16/h8-12,14,20H,3-7,13H2,1-2H3. The quantitative estimate of drug-likeness (QED) is 0.815. The molecule has 0 aliphatic heterocycles. The van der Waals surface area contributed by atoms with E-state index >= 15 is 0 Å². The summed E-state index contributed by atoms with van der Waals surface area (Å²) >= 11 is 1.93. The fourth-order valence-corrected chi connectivity index (χ4v) is 4.01. The Labute approximate surface area is 132 Å². The van der Waals surface area contributed by atoms with Crippen LogP contribution in [0.4, 0.5) is 0 Å². The van der Waals surface area contributed by atoms with Crippen LogP contribution in [0, 0.1) is 0 Å². The van der Waals surface area contributed by atoms with Gasteiger partial charge in [-0.3, -0.25) is 0 Å². The summed E-state index contributed by atoms with van der Waals surface area (Å²) in [5, 5.41) is 3.67. The van der Waals surface area contributed by atoms with Crippen molar-refractivity contribution in [2.75, 3.05) is 0 Å². The summed E-state index contributed by atoms with van der Waals surface area (Å²) in [6, 6.07) is 12.0. The number of nitrogens with one attached hydrogen (secondary N) is 1. The number of rotatable bonds is 5. The summed E-state index contributed by atoms with van der Waals surface area (Å²) in [4.78, 5) is 2.92. The maximum Gasteiger partial charge on any atom is 0.0305 e. The van der Waals surface area contributed by atoms with Crippen molar-refractivity contribution in [2.45, 2.75) is 58.5 Å². The van der Waals surface area contributed by atoms with Crippen molar-refractivity contribution < 1.29 is 0 Å². The molecule has 1 unspecified atom stereocenters. The number of hydrogen-bond acceptors (Lipinski definition) is 2. The smallest absolute Gasteiger partial charge is 0.0305 e. The number of fused-ring (bicyclic) bond motifs is 1. The van der Waals surface area contributed by atoms with Crippen LogP contribution in [0.5, 0.6) is 0 Å². The lowest BCUT2D eigenvalue weighted by Crippen LogP contribution is -2.18. The number of thiophene rings is 1. The van der Waals surface area contributed by atoms with E-state index in [0.29, 0.717) is 6.04 Å². The topological polar surface area (TPSA) is 12.0 Å². The first-order valence-electron chi connectivity index (χ1n) is 8.19. The van der Waals surface area contributed by atoms with Gasteiger partial charge >= 0.3 is 0 Å². The molecule has 1 aliphatic carbocycles. The lowest BCUT2D eigenvalue weighted by atomic mass is 9.89. The predicted octanol–water partition coefficient (Wildman–Crippen LogP) is 5.04. The summed E-state index contributed by atoms with van der Waals surface area (Å²) < 4.78 is 0. The average Bonchev–Trinajstić information content (AvgIpc) is 3.00. The molecule has 0 bridgehead atoms. The Kier molecular flexibility index (Phi) is 4.77. The van der Waals surface area contributed by atoms with Gasteiger partial charge in [-0.2, -0.15) is 0 Å². The van der Waals surface area contributed by atoms with Gasteiger partial charge in [-0.1, -0.05) is 25.1 Å². The molecule has 0 saturated carbocycles. The van der Waals surface area contributed by atoms with Crippen LogP contribution in [-0.4, -0.2) is 0 Å². The fraction of sp³-hybridized carbons (Fsp3) is 0.474. The van der Waals surface area contributed by atoms with E-state index < -0.39 is 0 Å². The van der Waals surface area contributed by atoms with Gasteiger partial charge in [-0.15, -0.1) is 11.3 Å². The van der Waals surface area contributed by atoms with Crippen LogP contribution >= 0.6 is 11.3 Å². The summed E-state index contributed by atoms with van der Waals surface area (Å²) in [7, 11) is 0. The van der Waals surface area contributed by atoms with Crippen LogP contribution in [0.1, 0.15) is 59.2 Å². The van der Waals surface area contributed by atoms with Gasteiger partial charge in [-0.25, -0.2) is 0 Å². The monoisotopic (exact) mass is 299 g/mol. The molecule has 1 aromatic heterocycles. The van der Waals surface area contributed by atoms with Crippen LogP contribution in [0.3, 0.4) is 0 Å². The van der Waals surface area contributed by atoms with Gasteiger partial charge in [0, 0.05) is 22.3 Å². The van der Waals surface area contributed by atoms with Crippen molar-refractivity contribution in [1.29, 1.82) is 0 Å². The van der Waals surface area contributed by atoms with Gasteiger partial charge in [-0.05, 0) is 67.9 Å². The van der Waals surface area contributed by atoms with E-state index in [1.54, 1.807) is 11.1 Å². The van der Waals surface area contributed by atoms with Crippen LogP contribution in [0.2, 0.25) is 0 Å². The maximum absolute atomic E-state index is 3.67. The van der Waals surface area contributed by atoms with E-state index in [2.05, 4.69) is 49.5 Å². The molecular weight excluding hydrogens is 274 g/mol. The van der Waals surface area contributed by atoms with Crippen LogP contribution in [0.15, 0.2) is 30.3 Å². The molecule has 2 aromatic rings. The lowest BCUT2D eigenvalue weighted by molar-refractivity contribution is 0.576. The second-order valence-corrected chi connectivity index (χ2v) is 7.31. The Morgan fingerprint density at radius 1 is 1.05 bits per heavy atom. The fourth-order valence-electron chi connectivity index (χ4n) is 3.10. The van der Waals surface area contributed by atoms with Gasteiger partial charge in [0.1, 0.15) is 0 Å². The summed E-state index contributed by atoms with van der Waals surface area (Å²) in [6.45, 7) is 5.47. The van der Waals surface area contributed by atoms with Crippen molar-refractivity contribution in [3.63, 3.8) is 0 Å². The third-order valence-electron chi connectivity index (χ3n) is 4.52. The molecule has 1 atom stereocenters. The maximum atomic E-state index is 3.67. The molecule has 0 spiro atoms. The molecule has 1 heterocycles. The molecule has 0 amide bonds. The van der Waals surface area contributed by atoms with Gasteiger partial charge < -0.3 is 5.32 Å². The SMILES string of the molecule is CCc1ccc(CNC(C)c2ccc3c(c2)CCCC3)s1. The Hall–Kier alpha value is -1.12. The second-order valence-electron chi connectivity index (χ2n) is 6.06. The zero-order chi connectivity index (χ0) is 14.7. The zero-order valence-corrected chi connectivity index (χ0v) is 13.9. The van der Waals surface area contributed by atoms with Crippen molar-refractivity contribution in [1.82, 2.24) is 5.32 Å². The predicted molar refractivity (Wildman–Crippen MR) is 92.0 cm³/mol. The Morgan fingerprint density at radius 3 is 2.57 bits per heavy atom. The van der Waals surface area contributed by atoms with E-state index in [1.165, 1.54) is 41.0 Å². The molecule has 0 radical (unpaired) electrons. The molecule has 112 valence electrons. The highest BCUT2D eigenvalue weighted by atomic mass is 32.1. The molecule has 1 aliphatic rings. The number of benzene rings is 1. The molecule has 1 aromatic carbocycles. The van der Waals surface area contributed by atoms with E-state index in [-0.39, 0.29) is 0 Å². The first kappa shape index (κ1) is 14.8. The van der Waals surface area contributed by atoms with Crippen LogP contribution in [0.25, 0.3) is 0 Å². The third kappa shape index (κ3) is 3.56. The van der Waals surface area contributed by atoms with E-state index in [1.807, 2.05) is 11.3 Å². The molecule has 0 saturated heterocycles.